The minimum atomic E-state index is -0.393. The van der Waals surface area contributed by atoms with Gasteiger partial charge in [-0.05, 0) is 54.0 Å². The van der Waals surface area contributed by atoms with E-state index in [1.165, 1.54) is 5.56 Å². The molecule has 0 aliphatic carbocycles. The van der Waals surface area contributed by atoms with Gasteiger partial charge in [0.2, 0.25) is 11.8 Å². The molecule has 6 heteroatoms. The van der Waals surface area contributed by atoms with Crippen LogP contribution in [0.25, 0.3) is 0 Å². The predicted octanol–water partition coefficient (Wildman–Crippen LogP) is 3.81. The lowest BCUT2D eigenvalue weighted by Crippen LogP contribution is -2.50. The molecule has 2 heterocycles. The van der Waals surface area contributed by atoms with Crippen LogP contribution in [0.4, 0.5) is 0 Å². The molecule has 0 aromatic heterocycles. The monoisotopic (exact) mass is 439 g/mol. The molecule has 0 radical (unpaired) electrons. The number of rotatable bonds is 5. The van der Waals surface area contributed by atoms with Crippen LogP contribution in [0.3, 0.4) is 0 Å². The zero-order valence-corrected chi connectivity index (χ0v) is 18.8. The highest BCUT2D eigenvalue weighted by molar-refractivity contribution is 6.30. The Morgan fingerprint density at radius 1 is 1.06 bits per heavy atom. The number of halogens is 1. The van der Waals surface area contributed by atoms with Gasteiger partial charge in [-0.25, -0.2) is 0 Å². The highest BCUT2D eigenvalue weighted by Crippen LogP contribution is 2.32. The Balaban J connectivity index is 1.47. The zero-order valence-electron chi connectivity index (χ0n) is 18.0. The number of nitrogens with one attached hydrogen (secondary N) is 1. The Kier molecular flexibility index (Phi) is 6.93. The Morgan fingerprint density at radius 3 is 2.61 bits per heavy atom. The van der Waals surface area contributed by atoms with Gasteiger partial charge in [0, 0.05) is 31.2 Å². The molecule has 5 nitrogen and oxygen atoms in total. The largest absolute Gasteiger partial charge is 0.351 e. The third kappa shape index (κ3) is 5.28. The molecular weight excluding hydrogens is 410 g/mol. The van der Waals surface area contributed by atoms with Crippen molar-refractivity contribution in [3.05, 3.63) is 70.2 Å². The van der Waals surface area contributed by atoms with E-state index in [0.29, 0.717) is 24.0 Å². The van der Waals surface area contributed by atoms with E-state index >= 15 is 0 Å². The summed E-state index contributed by atoms with van der Waals surface area (Å²) in [5.41, 5.74) is 3.21. The maximum absolute atomic E-state index is 13.6. The van der Waals surface area contributed by atoms with Gasteiger partial charge in [-0.3, -0.25) is 14.5 Å². The van der Waals surface area contributed by atoms with Crippen LogP contribution in [0.2, 0.25) is 5.02 Å². The minimum absolute atomic E-state index is 0.0792. The minimum Gasteiger partial charge on any atom is -0.351 e. The molecule has 1 N–H and O–H groups in total. The molecule has 0 saturated carbocycles. The second-order valence-corrected chi connectivity index (χ2v) is 9.17. The van der Waals surface area contributed by atoms with Gasteiger partial charge in [-0.15, -0.1) is 0 Å². The molecule has 1 saturated heterocycles. The molecule has 0 spiro atoms. The molecule has 2 aliphatic heterocycles. The highest BCUT2D eigenvalue weighted by atomic mass is 35.5. The lowest BCUT2D eigenvalue weighted by molar-refractivity contribution is -0.140. The lowest BCUT2D eigenvalue weighted by Gasteiger charge is -2.40. The van der Waals surface area contributed by atoms with Gasteiger partial charge in [0.25, 0.3) is 0 Å². The molecule has 2 aromatic rings. The molecule has 2 aromatic carbocycles. The fourth-order valence-corrected chi connectivity index (χ4v) is 4.78. The average Bonchev–Trinajstić information content (AvgIpc) is 2.78. The summed E-state index contributed by atoms with van der Waals surface area (Å²) in [6.07, 6.45) is 2.93. The van der Waals surface area contributed by atoms with Gasteiger partial charge >= 0.3 is 0 Å². The quantitative estimate of drug-likeness (QED) is 0.770. The van der Waals surface area contributed by atoms with Crippen molar-refractivity contribution in [2.24, 2.45) is 5.92 Å². The summed E-state index contributed by atoms with van der Waals surface area (Å²) in [4.78, 5) is 30.4. The third-order valence-electron chi connectivity index (χ3n) is 6.44. The van der Waals surface area contributed by atoms with E-state index in [4.69, 9.17) is 11.6 Å². The molecule has 0 unspecified atom stereocenters. The first-order valence-corrected chi connectivity index (χ1v) is 11.5. The van der Waals surface area contributed by atoms with Crippen molar-refractivity contribution < 1.29 is 9.59 Å². The number of fused-ring (bicyclic) bond motifs is 1. The van der Waals surface area contributed by atoms with Gasteiger partial charge < -0.3 is 10.2 Å². The van der Waals surface area contributed by atoms with Crippen LogP contribution in [0.5, 0.6) is 0 Å². The van der Waals surface area contributed by atoms with E-state index in [0.717, 1.165) is 43.5 Å². The third-order valence-corrected chi connectivity index (χ3v) is 6.67. The lowest BCUT2D eigenvalue weighted by atomic mass is 9.90. The number of amides is 2. The Bertz CT molecular complexity index is 940. The van der Waals surface area contributed by atoms with Crippen LogP contribution in [0.1, 0.15) is 42.5 Å². The van der Waals surface area contributed by atoms with Crippen LogP contribution in [-0.4, -0.2) is 47.8 Å². The maximum atomic E-state index is 13.6. The summed E-state index contributed by atoms with van der Waals surface area (Å²) in [5.74, 6) is 0.710. The summed E-state index contributed by atoms with van der Waals surface area (Å²) in [5, 5.41) is 3.63. The molecule has 4 rings (SSSR count). The second-order valence-electron chi connectivity index (χ2n) is 8.74. The SMILES string of the molecule is CC1CCN(C(=O)[C@@H]2c3ccccc3CCN2CC(=O)NCc2cccc(Cl)c2)CC1. The van der Waals surface area contributed by atoms with E-state index in [1.807, 2.05) is 52.3 Å². The highest BCUT2D eigenvalue weighted by Gasteiger charge is 2.37. The van der Waals surface area contributed by atoms with Crippen molar-refractivity contribution in [1.82, 2.24) is 15.1 Å². The first-order chi connectivity index (χ1) is 15.0. The van der Waals surface area contributed by atoms with Crippen LogP contribution < -0.4 is 5.32 Å². The van der Waals surface area contributed by atoms with E-state index in [-0.39, 0.29) is 18.4 Å². The van der Waals surface area contributed by atoms with Crippen LogP contribution in [0, 0.1) is 5.92 Å². The summed E-state index contributed by atoms with van der Waals surface area (Å²) in [6.45, 7) is 5.17. The topological polar surface area (TPSA) is 52.7 Å². The molecule has 2 amide bonds. The van der Waals surface area contributed by atoms with Crippen LogP contribution >= 0.6 is 11.6 Å². The number of likely N-dealkylation sites (tertiary alicyclic amines) is 1. The number of nitrogens with zero attached hydrogens (tertiary/aromatic N) is 2. The first kappa shape index (κ1) is 21.8. The number of benzene rings is 2. The molecular formula is C25H30ClN3O2. The fraction of sp³-hybridized carbons (Fsp3) is 0.440. The van der Waals surface area contributed by atoms with Gasteiger partial charge in [-0.1, -0.05) is 54.9 Å². The second kappa shape index (κ2) is 9.84. The van der Waals surface area contributed by atoms with Crippen LogP contribution in [0.15, 0.2) is 48.5 Å². The molecule has 164 valence electrons. The molecule has 0 bridgehead atoms. The smallest absolute Gasteiger partial charge is 0.244 e. The number of carbonyl (C=O) groups excluding carboxylic acids is 2. The Morgan fingerprint density at radius 2 is 1.84 bits per heavy atom. The van der Waals surface area contributed by atoms with Gasteiger partial charge in [0.05, 0.1) is 6.54 Å². The molecule has 1 atom stereocenters. The van der Waals surface area contributed by atoms with E-state index < -0.39 is 6.04 Å². The summed E-state index contributed by atoms with van der Waals surface area (Å²) < 4.78 is 0. The molecule has 2 aliphatic rings. The van der Waals surface area contributed by atoms with E-state index in [9.17, 15) is 9.59 Å². The van der Waals surface area contributed by atoms with Gasteiger partial charge in [0.15, 0.2) is 0 Å². The first-order valence-electron chi connectivity index (χ1n) is 11.1. The van der Waals surface area contributed by atoms with Crippen molar-refractivity contribution in [1.29, 1.82) is 0 Å². The van der Waals surface area contributed by atoms with Crippen molar-refractivity contribution >= 4 is 23.4 Å². The number of carbonyl (C=O) groups is 2. The van der Waals surface area contributed by atoms with Crippen molar-refractivity contribution in [2.45, 2.75) is 38.8 Å². The molecule has 1 fully saturated rings. The number of hydrogen-bond donors (Lipinski definition) is 1. The van der Waals surface area contributed by atoms with Gasteiger partial charge in [0.1, 0.15) is 6.04 Å². The zero-order chi connectivity index (χ0) is 21.8. The average molecular weight is 440 g/mol. The summed E-state index contributed by atoms with van der Waals surface area (Å²) >= 11 is 6.04. The maximum Gasteiger partial charge on any atom is 0.244 e. The summed E-state index contributed by atoms with van der Waals surface area (Å²) in [6, 6.07) is 15.2. The Labute approximate surface area is 189 Å². The number of hydrogen-bond acceptors (Lipinski definition) is 3. The van der Waals surface area contributed by atoms with Crippen LogP contribution in [-0.2, 0) is 22.6 Å². The predicted molar refractivity (Wildman–Crippen MR) is 123 cm³/mol. The van der Waals surface area contributed by atoms with Crippen molar-refractivity contribution in [3.63, 3.8) is 0 Å². The fourth-order valence-electron chi connectivity index (χ4n) is 4.57. The number of piperidine rings is 1. The molecule has 31 heavy (non-hydrogen) atoms. The van der Waals surface area contributed by atoms with Crippen molar-refractivity contribution in [2.75, 3.05) is 26.2 Å². The Hall–Kier alpha value is -2.37. The van der Waals surface area contributed by atoms with E-state index in [2.05, 4.69) is 18.3 Å². The summed E-state index contributed by atoms with van der Waals surface area (Å²) in [7, 11) is 0. The van der Waals surface area contributed by atoms with Crippen molar-refractivity contribution in [3.8, 4) is 0 Å². The van der Waals surface area contributed by atoms with Gasteiger partial charge in [-0.2, -0.15) is 0 Å². The van der Waals surface area contributed by atoms with E-state index in [1.54, 1.807) is 0 Å². The normalized spacial score (nSPS) is 19.7. The standard InChI is InChI=1S/C25H30ClN3O2/c1-18-9-12-28(13-10-18)25(31)24-22-8-3-2-6-20(22)11-14-29(24)17-23(30)27-16-19-5-4-7-21(26)15-19/h2-8,15,18,24H,9-14,16-17H2,1H3,(H,27,30)/t24-/m0/s1.